The highest BCUT2D eigenvalue weighted by molar-refractivity contribution is 6.29. The molecule has 5 nitrogen and oxygen atoms in total. The summed E-state index contributed by atoms with van der Waals surface area (Å²) in [5.74, 6) is 6.19. The van der Waals surface area contributed by atoms with Crippen LogP contribution in [0.2, 0.25) is 5.15 Å². The van der Waals surface area contributed by atoms with Crippen LogP contribution in [-0.2, 0) is 4.74 Å². The van der Waals surface area contributed by atoms with Crippen LogP contribution in [-0.4, -0.2) is 27.9 Å². The minimum absolute atomic E-state index is 0.189. The van der Waals surface area contributed by atoms with E-state index >= 15 is 0 Å². The Hall–Kier alpha value is -2.19. The van der Waals surface area contributed by atoms with Crippen molar-refractivity contribution in [1.82, 2.24) is 14.9 Å². The van der Waals surface area contributed by atoms with E-state index in [0.717, 1.165) is 11.1 Å². The van der Waals surface area contributed by atoms with Gasteiger partial charge in [0, 0.05) is 5.56 Å². The molecule has 0 saturated heterocycles. The minimum atomic E-state index is -0.527. The van der Waals surface area contributed by atoms with E-state index < -0.39 is 11.7 Å². The molecule has 0 spiro atoms. The Labute approximate surface area is 147 Å². The molecular weight excluding hydrogens is 326 g/mol. The maximum Gasteiger partial charge on any atom is 0.408 e. The molecule has 2 rings (SSSR count). The lowest BCUT2D eigenvalue weighted by Gasteiger charge is -2.18. The van der Waals surface area contributed by atoms with E-state index in [1.165, 1.54) is 0 Å². The quantitative estimate of drug-likeness (QED) is 0.660. The molecule has 1 N–H and O–H groups in total. The molecule has 0 aliphatic heterocycles. The molecule has 0 radical (unpaired) electrons. The molecule has 0 unspecified atom stereocenters. The van der Waals surface area contributed by atoms with Crippen LogP contribution in [0.1, 0.15) is 51.8 Å². The third kappa shape index (κ3) is 4.42. The Balaban J connectivity index is 2.18. The molecule has 0 fully saturated rings. The van der Waals surface area contributed by atoms with Gasteiger partial charge in [0.2, 0.25) is 0 Å². The van der Waals surface area contributed by atoms with Gasteiger partial charge in [-0.1, -0.05) is 37.4 Å². The van der Waals surface area contributed by atoms with Crippen LogP contribution in [0.3, 0.4) is 0 Å². The number of carbonyl (C=O) groups is 1. The molecule has 128 valence electrons. The first-order valence-electron chi connectivity index (χ1n) is 7.82. The van der Waals surface area contributed by atoms with Crippen LogP contribution in [0.25, 0.3) is 5.52 Å². The van der Waals surface area contributed by atoms with Gasteiger partial charge in [-0.15, -0.1) is 0 Å². The number of rotatable bonds is 2. The Morgan fingerprint density at radius 3 is 2.75 bits per heavy atom. The summed E-state index contributed by atoms with van der Waals surface area (Å²) >= 11 is 6.19. The lowest BCUT2D eigenvalue weighted by Crippen LogP contribution is -2.32. The van der Waals surface area contributed by atoms with E-state index in [1.54, 1.807) is 10.6 Å². The van der Waals surface area contributed by atoms with Crippen molar-refractivity contribution in [2.45, 2.75) is 46.1 Å². The highest BCUT2D eigenvalue weighted by atomic mass is 35.5. The molecule has 0 bridgehead atoms. The maximum absolute atomic E-state index is 11.6. The van der Waals surface area contributed by atoms with Gasteiger partial charge in [0.1, 0.15) is 16.4 Å². The summed E-state index contributed by atoms with van der Waals surface area (Å²) in [4.78, 5) is 11.6. The van der Waals surface area contributed by atoms with Crippen molar-refractivity contribution < 1.29 is 9.53 Å². The van der Waals surface area contributed by atoms with Gasteiger partial charge < -0.3 is 10.1 Å². The van der Waals surface area contributed by atoms with Crippen LogP contribution >= 0.6 is 11.6 Å². The number of hydrogen-bond donors (Lipinski definition) is 1. The minimum Gasteiger partial charge on any atom is -0.444 e. The van der Waals surface area contributed by atoms with Crippen LogP contribution in [0.4, 0.5) is 4.79 Å². The Kier molecular flexibility index (Phi) is 5.40. The average molecular weight is 348 g/mol. The van der Waals surface area contributed by atoms with Crippen LogP contribution in [0.5, 0.6) is 0 Å². The van der Waals surface area contributed by atoms with Crippen molar-refractivity contribution in [2.75, 3.05) is 6.54 Å². The molecular formula is C18H22ClN3O2. The molecule has 0 atom stereocenters. The summed E-state index contributed by atoms with van der Waals surface area (Å²) in [5, 5.41) is 7.62. The number of ether oxygens (including phenoxy) is 1. The normalized spacial score (nSPS) is 11.3. The molecule has 0 saturated carbocycles. The number of aromatic nitrogens is 2. The SMILES string of the molecule is CC(C)c1c(C#CCNC(=O)OC(C)(C)C)nn2c(Cl)cccc12. The van der Waals surface area contributed by atoms with Gasteiger partial charge in [0.05, 0.1) is 12.1 Å². The van der Waals surface area contributed by atoms with Gasteiger partial charge in [0.15, 0.2) is 0 Å². The highest BCUT2D eigenvalue weighted by Crippen LogP contribution is 2.26. The van der Waals surface area contributed by atoms with Crippen LogP contribution < -0.4 is 5.32 Å². The van der Waals surface area contributed by atoms with Crippen LogP contribution in [0, 0.1) is 11.8 Å². The Morgan fingerprint density at radius 2 is 2.12 bits per heavy atom. The highest BCUT2D eigenvalue weighted by Gasteiger charge is 2.16. The molecule has 2 heterocycles. The smallest absolute Gasteiger partial charge is 0.408 e. The van der Waals surface area contributed by atoms with E-state index in [0.29, 0.717) is 10.8 Å². The number of amides is 1. The Bertz CT molecular complexity index is 807. The van der Waals surface area contributed by atoms with Gasteiger partial charge in [-0.2, -0.15) is 5.10 Å². The summed E-state index contributed by atoms with van der Waals surface area (Å²) in [7, 11) is 0. The third-order valence-corrected chi connectivity index (χ3v) is 3.44. The van der Waals surface area contributed by atoms with Gasteiger partial charge in [-0.05, 0) is 44.7 Å². The lowest BCUT2D eigenvalue weighted by molar-refractivity contribution is 0.0535. The topological polar surface area (TPSA) is 55.6 Å². The largest absolute Gasteiger partial charge is 0.444 e. The second-order valence-electron chi connectivity index (χ2n) is 6.72. The number of nitrogens with zero attached hydrogens (tertiary/aromatic N) is 2. The van der Waals surface area contributed by atoms with Crippen molar-refractivity contribution in [2.24, 2.45) is 0 Å². The summed E-state index contributed by atoms with van der Waals surface area (Å²) < 4.78 is 6.84. The second kappa shape index (κ2) is 7.14. The van der Waals surface area contributed by atoms with E-state index in [2.05, 4.69) is 36.1 Å². The monoisotopic (exact) mass is 347 g/mol. The van der Waals surface area contributed by atoms with E-state index in [9.17, 15) is 4.79 Å². The molecule has 1 amide bonds. The summed E-state index contributed by atoms with van der Waals surface area (Å²) in [6, 6.07) is 5.65. The third-order valence-electron chi connectivity index (χ3n) is 3.15. The van der Waals surface area contributed by atoms with E-state index in [-0.39, 0.29) is 12.5 Å². The number of hydrogen-bond acceptors (Lipinski definition) is 3. The zero-order valence-corrected chi connectivity index (χ0v) is 15.4. The van der Waals surface area contributed by atoms with Crippen molar-refractivity contribution in [1.29, 1.82) is 0 Å². The predicted molar refractivity (Wildman–Crippen MR) is 95.4 cm³/mol. The number of fused-ring (bicyclic) bond motifs is 1. The zero-order valence-electron chi connectivity index (χ0n) is 14.6. The fourth-order valence-corrected chi connectivity index (χ4v) is 2.48. The Morgan fingerprint density at radius 1 is 1.42 bits per heavy atom. The first-order chi connectivity index (χ1) is 11.2. The molecule has 0 aliphatic rings. The van der Waals surface area contributed by atoms with Gasteiger partial charge in [-0.3, -0.25) is 0 Å². The second-order valence-corrected chi connectivity index (χ2v) is 7.11. The van der Waals surface area contributed by atoms with Gasteiger partial charge in [-0.25, -0.2) is 9.31 Å². The molecule has 2 aromatic rings. The van der Waals surface area contributed by atoms with E-state index in [1.807, 2.05) is 32.9 Å². The van der Waals surface area contributed by atoms with Crippen molar-refractivity contribution in [3.05, 3.63) is 34.6 Å². The molecule has 2 aromatic heterocycles. The fourth-order valence-electron chi connectivity index (χ4n) is 2.28. The number of alkyl carbamates (subject to hydrolysis) is 1. The average Bonchev–Trinajstić information content (AvgIpc) is 2.81. The molecule has 24 heavy (non-hydrogen) atoms. The number of halogens is 1. The predicted octanol–water partition coefficient (Wildman–Crippen LogP) is 3.99. The lowest BCUT2D eigenvalue weighted by atomic mass is 10.0. The molecule has 0 aromatic carbocycles. The van der Waals surface area contributed by atoms with Crippen molar-refractivity contribution >= 4 is 23.2 Å². The fraction of sp³-hybridized carbons (Fsp3) is 0.444. The van der Waals surface area contributed by atoms with E-state index in [4.69, 9.17) is 16.3 Å². The first-order valence-corrected chi connectivity index (χ1v) is 8.19. The van der Waals surface area contributed by atoms with Gasteiger partial charge in [0.25, 0.3) is 0 Å². The van der Waals surface area contributed by atoms with Crippen molar-refractivity contribution in [3.63, 3.8) is 0 Å². The number of carbonyl (C=O) groups excluding carboxylic acids is 1. The van der Waals surface area contributed by atoms with Crippen LogP contribution in [0.15, 0.2) is 18.2 Å². The summed E-state index contributed by atoms with van der Waals surface area (Å²) in [6.45, 7) is 9.80. The molecule has 6 heteroatoms. The summed E-state index contributed by atoms with van der Waals surface area (Å²) in [5.41, 5.74) is 2.13. The summed E-state index contributed by atoms with van der Waals surface area (Å²) in [6.07, 6.45) is -0.487. The standard InChI is InChI=1S/C18H22ClN3O2/c1-12(2)16-13(21-22-14(16)9-6-10-15(22)19)8-7-11-20-17(23)24-18(3,4)5/h6,9-10,12H,11H2,1-5H3,(H,20,23). The molecule has 0 aliphatic carbocycles. The zero-order chi connectivity index (χ0) is 17.9. The number of pyridine rings is 1. The van der Waals surface area contributed by atoms with Gasteiger partial charge >= 0.3 is 6.09 Å². The first kappa shape index (κ1) is 18.2. The number of nitrogens with one attached hydrogen (secondary N) is 1. The maximum atomic E-state index is 11.6. The van der Waals surface area contributed by atoms with Crippen molar-refractivity contribution in [3.8, 4) is 11.8 Å².